The van der Waals surface area contributed by atoms with Gasteiger partial charge >= 0.3 is 4.87 Å². The summed E-state index contributed by atoms with van der Waals surface area (Å²) in [5.74, 6) is 0. The van der Waals surface area contributed by atoms with Crippen molar-refractivity contribution in [3.05, 3.63) is 28.0 Å². The first-order chi connectivity index (χ1) is 7.80. The van der Waals surface area contributed by atoms with Crippen molar-refractivity contribution in [3.8, 4) is 0 Å². The van der Waals surface area contributed by atoms with Crippen LogP contribution in [0.1, 0.15) is 19.5 Å². The van der Waals surface area contributed by atoms with Crippen molar-refractivity contribution in [1.29, 1.82) is 0 Å². The van der Waals surface area contributed by atoms with Crippen LogP contribution in [-0.2, 0) is 10.0 Å². The number of hydrogen-bond acceptors (Lipinski definition) is 4. The molecule has 0 saturated carbocycles. The summed E-state index contributed by atoms with van der Waals surface area (Å²) in [5.41, 5.74) is 0.384. The highest BCUT2D eigenvalue weighted by atomic mass is 32.2. The average molecular weight is 276 g/mol. The second kappa shape index (κ2) is 5.16. The van der Waals surface area contributed by atoms with E-state index in [2.05, 4.69) is 11.6 Å². The molecule has 0 atom stereocenters. The monoisotopic (exact) mass is 276 g/mol. The van der Waals surface area contributed by atoms with Crippen LogP contribution in [0.3, 0.4) is 0 Å². The van der Waals surface area contributed by atoms with E-state index in [0.29, 0.717) is 5.69 Å². The van der Waals surface area contributed by atoms with Crippen molar-refractivity contribution in [3.63, 3.8) is 0 Å². The summed E-state index contributed by atoms with van der Waals surface area (Å²) in [6.45, 7) is 8.92. The molecule has 96 valence electrons. The summed E-state index contributed by atoms with van der Waals surface area (Å²) < 4.78 is 26.0. The number of sulfonamides is 1. The summed E-state index contributed by atoms with van der Waals surface area (Å²) in [7, 11) is -3.62. The van der Waals surface area contributed by atoms with Crippen LogP contribution < -0.4 is 4.87 Å². The minimum Gasteiger partial charge on any atom is -0.315 e. The van der Waals surface area contributed by atoms with Gasteiger partial charge in [0, 0.05) is 18.3 Å². The van der Waals surface area contributed by atoms with Gasteiger partial charge in [-0.1, -0.05) is 17.4 Å². The number of hydrogen-bond donors (Lipinski definition) is 1. The molecule has 7 heteroatoms. The van der Waals surface area contributed by atoms with Gasteiger partial charge in [0.15, 0.2) is 4.21 Å². The molecule has 0 unspecified atom stereocenters. The van der Waals surface area contributed by atoms with Crippen LogP contribution in [0.15, 0.2) is 21.7 Å². The van der Waals surface area contributed by atoms with E-state index in [0.717, 1.165) is 11.3 Å². The molecule has 1 N–H and O–H groups in total. The third-order valence-corrected chi connectivity index (χ3v) is 5.83. The fourth-order valence-corrected chi connectivity index (χ4v) is 4.48. The Balaban J connectivity index is 3.30. The second-order valence-corrected chi connectivity index (χ2v) is 6.95. The minimum atomic E-state index is -3.62. The van der Waals surface area contributed by atoms with E-state index in [1.807, 2.05) is 0 Å². The topological polar surface area (TPSA) is 70.2 Å². The summed E-state index contributed by atoms with van der Waals surface area (Å²) in [5, 5.41) is 0. The maximum atomic E-state index is 12.3. The smallest absolute Gasteiger partial charge is 0.305 e. The Kier molecular flexibility index (Phi) is 4.29. The zero-order valence-electron chi connectivity index (χ0n) is 10.1. The fraction of sp³-hybridized carbons (Fsp3) is 0.500. The van der Waals surface area contributed by atoms with Crippen molar-refractivity contribution >= 4 is 21.4 Å². The van der Waals surface area contributed by atoms with E-state index in [4.69, 9.17) is 0 Å². The third-order valence-electron chi connectivity index (χ3n) is 2.21. The normalized spacial score (nSPS) is 12.3. The van der Waals surface area contributed by atoms with Crippen molar-refractivity contribution in [2.24, 2.45) is 0 Å². The molecule has 0 saturated heterocycles. The van der Waals surface area contributed by atoms with Gasteiger partial charge in [0.05, 0.1) is 0 Å². The number of nitrogens with zero attached hydrogens (tertiary/aromatic N) is 1. The molecule has 0 aliphatic heterocycles. The average Bonchev–Trinajstić information content (AvgIpc) is 2.54. The van der Waals surface area contributed by atoms with E-state index in [1.54, 1.807) is 20.8 Å². The van der Waals surface area contributed by atoms with E-state index < -0.39 is 10.0 Å². The molecule has 1 heterocycles. The number of thiazole rings is 1. The molecule has 0 amide bonds. The zero-order valence-corrected chi connectivity index (χ0v) is 11.7. The van der Waals surface area contributed by atoms with E-state index in [9.17, 15) is 13.2 Å². The Hall–Kier alpha value is -0.920. The molecule has 0 fully saturated rings. The van der Waals surface area contributed by atoms with Gasteiger partial charge in [-0.15, -0.1) is 6.58 Å². The fourth-order valence-electron chi connectivity index (χ4n) is 1.46. The van der Waals surface area contributed by atoms with Crippen molar-refractivity contribution < 1.29 is 8.42 Å². The number of aromatic nitrogens is 1. The largest absolute Gasteiger partial charge is 0.315 e. The zero-order chi connectivity index (χ0) is 13.2. The van der Waals surface area contributed by atoms with Crippen LogP contribution in [0, 0.1) is 6.92 Å². The SMILES string of the molecule is C=CCN(C(C)C)S(=O)(=O)c1sc(=O)[nH]c1C. The van der Waals surface area contributed by atoms with Crippen LogP contribution in [0.25, 0.3) is 0 Å². The quantitative estimate of drug-likeness (QED) is 0.825. The van der Waals surface area contributed by atoms with Crippen LogP contribution in [-0.4, -0.2) is 30.3 Å². The van der Waals surface area contributed by atoms with Gasteiger partial charge in [-0.05, 0) is 20.8 Å². The van der Waals surface area contributed by atoms with Crippen LogP contribution >= 0.6 is 11.3 Å². The lowest BCUT2D eigenvalue weighted by Gasteiger charge is -2.23. The van der Waals surface area contributed by atoms with E-state index in [-0.39, 0.29) is 21.7 Å². The third kappa shape index (κ3) is 2.85. The highest BCUT2D eigenvalue weighted by molar-refractivity contribution is 7.91. The molecule has 1 rings (SSSR count). The molecule has 0 aliphatic rings. The van der Waals surface area contributed by atoms with Crippen LogP contribution in [0.2, 0.25) is 0 Å². The predicted molar refractivity (Wildman–Crippen MR) is 68.9 cm³/mol. The molecule has 5 nitrogen and oxygen atoms in total. The van der Waals surface area contributed by atoms with Crippen molar-refractivity contribution in [2.45, 2.75) is 31.0 Å². The molecule has 0 radical (unpaired) electrons. The first-order valence-electron chi connectivity index (χ1n) is 5.13. The standard InChI is InChI=1S/C10H16N2O3S2/c1-5-6-12(7(2)3)17(14,15)9-8(4)11-10(13)16-9/h5,7H,1,6H2,2-4H3,(H,11,13). The molecule has 0 aliphatic carbocycles. The Labute approximate surface area is 105 Å². The first kappa shape index (κ1) is 14.1. The Morgan fingerprint density at radius 3 is 2.47 bits per heavy atom. The number of rotatable bonds is 5. The van der Waals surface area contributed by atoms with Gasteiger partial charge in [0.2, 0.25) is 0 Å². The lowest BCUT2D eigenvalue weighted by molar-refractivity contribution is 0.383. The highest BCUT2D eigenvalue weighted by Crippen LogP contribution is 2.22. The van der Waals surface area contributed by atoms with Gasteiger partial charge < -0.3 is 4.98 Å². The van der Waals surface area contributed by atoms with Crippen LogP contribution in [0.4, 0.5) is 0 Å². The first-order valence-corrected chi connectivity index (χ1v) is 7.38. The lowest BCUT2D eigenvalue weighted by Crippen LogP contribution is -2.36. The Morgan fingerprint density at radius 1 is 1.53 bits per heavy atom. The number of nitrogens with one attached hydrogen (secondary N) is 1. The summed E-state index contributed by atoms with van der Waals surface area (Å²) in [4.78, 5) is 13.3. The van der Waals surface area contributed by atoms with Gasteiger partial charge in [0.1, 0.15) is 0 Å². The summed E-state index contributed by atoms with van der Waals surface area (Å²) in [6, 6.07) is -0.186. The maximum Gasteiger partial charge on any atom is 0.305 e. The lowest BCUT2D eigenvalue weighted by atomic mass is 10.4. The van der Waals surface area contributed by atoms with Gasteiger partial charge in [-0.25, -0.2) is 8.42 Å². The Bertz CT molecular complexity index is 554. The molecule has 0 bridgehead atoms. The molecular formula is C10H16N2O3S2. The second-order valence-electron chi connectivity index (χ2n) is 3.88. The molecule has 0 spiro atoms. The molecular weight excluding hydrogens is 260 g/mol. The van der Waals surface area contributed by atoms with Crippen molar-refractivity contribution in [2.75, 3.05) is 6.54 Å². The minimum absolute atomic E-state index is 0.0815. The maximum absolute atomic E-state index is 12.3. The summed E-state index contributed by atoms with van der Waals surface area (Å²) in [6.07, 6.45) is 1.53. The van der Waals surface area contributed by atoms with Crippen molar-refractivity contribution in [1.82, 2.24) is 9.29 Å². The van der Waals surface area contributed by atoms with E-state index >= 15 is 0 Å². The highest BCUT2D eigenvalue weighted by Gasteiger charge is 2.29. The van der Waals surface area contributed by atoms with Gasteiger partial charge in [-0.3, -0.25) is 4.79 Å². The Morgan fingerprint density at radius 2 is 2.12 bits per heavy atom. The molecule has 0 aromatic carbocycles. The molecule has 1 aromatic rings. The molecule has 1 aromatic heterocycles. The number of aromatic amines is 1. The van der Waals surface area contributed by atoms with E-state index in [1.165, 1.54) is 10.4 Å². The van der Waals surface area contributed by atoms with Gasteiger partial charge in [-0.2, -0.15) is 4.31 Å². The summed E-state index contributed by atoms with van der Waals surface area (Å²) >= 11 is 0.718. The van der Waals surface area contributed by atoms with Gasteiger partial charge in [0.25, 0.3) is 10.0 Å². The molecule has 17 heavy (non-hydrogen) atoms. The predicted octanol–water partition coefficient (Wildman–Crippen LogP) is 1.33. The number of aryl methyl sites for hydroxylation is 1. The number of H-pyrrole nitrogens is 1. The van der Waals surface area contributed by atoms with Crippen LogP contribution in [0.5, 0.6) is 0 Å².